The Morgan fingerprint density at radius 1 is 1.14 bits per heavy atom. The predicted octanol–water partition coefficient (Wildman–Crippen LogP) is -1.49. The monoisotopic (exact) mass is 501 g/mol. The topological polar surface area (TPSA) is 214 Å². The van der Waals surface area contributed by atoms with E-state index in [4.69, 9.17) is 16.2 Å². The summed E-state index contributed by atoms with van der Waals surface area (Å²) in [4.78, 5) is 25.6. The van der Waals surface area contributed by atoms with Crippen molar-refractivity contribution in [1.82, 2.24) is 24.4 Å². The van der Waals surface area contributed by atoms with Gasteiger partial charge in [0.2, 0.25) is 0 Å². The minimum absolute atomic E-state index is 0.199. The van der Waals surface area contributed by atoms with Crippen molar-refractivity contribution in [3.63, 3.8) is 0 Å². The highest BCUT2D eigenvalue weighted by Crippen LogP contribution is 2.32. The summed E-state index contributed by atoms with van der Waals surface area (Å²) >= 11 is 0. The molecule has 1 aliphatic rings. The first-order valence-corrected chi connectivity index (χ1v) is 11.8. The Hall–Kier alpha value is -3.20. The molecule has 0 amide bonds. The molecule has 13 nitrogen and oxygen atoms in total. The fourth-order valence-corrected chi connectivity index (χ4v) is 4.37. The normalized spacial score (nSPS) is 23.8. The molecule has 6 atom stereocenters. The van der Waals surface area contributed by atoms with Gasteiger partial charge in [-0.05, 0) is 12.0 Å². The Kier molecular flexibility index (Phi) is 8.08. The third-order valence-electron chi connectivity index (χ3n) is 6.56. The molecule has 1 aromatic carbocycles. The van der Waals surface area contributed by atoms with Crippen LogP contribution in [0, 0.1) is 0 Å². The minimum Gasteiger partial charge on any atom is -0.477 e. The summed E-state index contributed by atoms with van der Waals surface area (Å²) in [7, 11) is 0. The van der Waals surface area contributed by atoms with Gasteiger partial charge in [0.15, 0.2) is 23.7 Å². The third-order valence-corrected chi connectivity index (χ3v) is 6.56. The Labute approximate surface area is 207 Å². The summed E-state index contributed by atoms with van der Waals surface area (Å²) in [5, 5.41) is 30.8. The second-order valence-electron chi connectivity index (χ2n) is 9.06. The Bertz CT molecular complexity index is 1160. The molecule has 36 heavy (non-hydrogen) atoms. The maximum Gasteiger partial charge on any atom is 0.362 e. The molecular weight excluding hydrogens is 468 g/mol. The smallest absolute Gasteiger partial charge is 0.362 e. The first-order valence-electron chi connectivity index (χ1n) is 11.8. The first-order chi connectivity index (χ1) is 17.3. The molecule has 3 heterocycles. The van der Waals surface area contributed by atoms with Crippen LogP contribution in [0.15, 0.2) is 43.0 Å². The molecular formula is C23H33N8O5+. The van der Waals surface area contributed by atoms with E-state index in [1.54, 1.807) is 0 Å². The lowest BCUT2D eigenvalue weighted by atomic mass is 10.0. The number of imidazole rings is 1. The van der Waals surface area contributed by atoms with Gasteiger partial charge in [-0.1, -0.05) is 30.3 Å². The third kappa shape index (κ3) is 5.61. The molecule has 1 aliphatic heterocycles. The van der Waals surface area contributed by atoms with Crippen LogP contribution >= 0.6 is 0 Å². The van der Waals surface area contributed by atoms with Crippen molar-refractivity contribution in [2.45, 2.75) is 49.5 Å². The summed E-state index contributed by atoms with van der Waals surface area (Å²) in [6.07, 6.45) is -0.456. The van der Waals surface area contributed by atoms with Crippen molar-refractivity contribution in [3.05, 3.63) is 48.5 Å². The Morgan fingerprint density at radius 3 is 2.58 bits per heavy atom. The summed E-state index contributed by atoms with van der Waals surface area (Å²) in [6.45, 7) is 1.20. The summed E-state index contributed by atoms with van der Waals surface area (Å²) in [5.74, 6) is -0.776. The van der Waals surface area contributed by atoms with E-state index < -0.39 is 36.6 Å². The largest absolute Gasteiger partial charge is 0.477 e. The number of nitrogens with zero attached hydrogens (tertiary/aromatic N) is 5. The van der Waals surface area contributed by atoms with Crippen LogP contribution in [0.3, 0.4) is 0 Å². The average Bonchev–Trinajstić information content (AvgIpc) is 3.42. The molecule has 0 saturated carbocycles. The number of nitrogen functional groups attached to an aromatic ring is 1. The van der Waals surface area contributed by atoms with Gasteiger partial charge in [0, 0.05) is 32.1 Å². The number of carboxylic acids is 1. The van der Waals surface area contributed by atoms with E-state index in [0.29, 0.717) is 37.1 Å². The molecule has 0 aliphatic carbocycles. The fourth-order valence-electron chi connectivity index (χ4n) is 4.37. The van der Waals surface area contributed by atoms with E-state index in [0.717, 1.165) is 5.56 Å². The van der Waals surface area contributed by atoms with E-state index in [-0.39, 0.29) is 18.4 Å². The quantitative estimate of drug-likeness (QED) is 0.178. The van der Waals surface area contributed by atoms with Crippen LogP contribution in [0.4, 0.5) is 5.82 Å². The van der Waals surface area contributed by atoms with Gasteiger partial charge in [-0.25, -0.2) is 19.7 Å². The molecule has 3 aromatic rings. The fraction of sp³-hybridized carbons (Fsp3) is 0.478. The van der Waals surface area contributed by atoms with Crippen molar-refractivity contribution in [3.8, 4) is 0 Å². The molecule has 194 valence electrons. The molecule has 0 spiro atoms. The van der Waals surface area contributed by atoms with E-state index in [2.05, 4.69) is 20.7 Å². The maximum atomic E-state index is 11.3. The second kappa shape index (κ2) is 11.2. The second-order valence-corrected chi connectivity index (χ2v) is 9.06. The molecule has 0 radical (unpaired) electrons. The van der Waals surface area contributed by atoms with Crippen molar-refractivity contribution in [2.75, 3.05) is 25.4 Å². The van der Waals surface area contributed by atoms with Crippen LogP contribution in [0.25, 0.3) is 11.2 Å². The minimum atomic E-state index is -1.24. The van der Waals surface area contributed by atoms with Crippen LogP contribution in [0.1, 0.15) is 30.7 Å². The standard InChI is InChI=1S/C23H32N8O5/c24-14(13-4-2-1-3-5-13)6-8-30(9-7-15(25)23(34)35)10-16-18(32)19(33)22(36-16)31-12-29-17-20(26)27-11-28-21(17)31/h1-5,11-12,14-16,18-19,22,32-33H,6-10,24-25H2,(H,34,35)(H2,26,27,28)/p+1/t14-,15-,16+,18+,19+,22+/m0/s1. The number of carboxylic acid groups (broad SMARTS) is 1. The number of carbonyl (C=O) groups is 1. The number of fused-ring (bicyclic) bond motifs is 1. The number of hydrogen-bond donors (Lipinski definition) is 6. The maximum absolute atomic E-state index is 11.3. The van der Waals surface area contributed by atoms with Gasteiger partial charge in [-0.2, -0.15) is 0 Å². The van der Waals surface area contributed by atoms with Gasteiger partial charge in [-0.15, -0.1) is 0 Å². The molecule has 13 heteroatoms. The van der Waals surface area contributed by atoms with Crippen molar-refractivity contribution in [2.24, 2.45) is 5.73 Å². The lowest BCUT2D eigenvalue weighted by molar-refractivity contribution is -0.409. The van der Waals surface area contributed by atoms with Gasteiger partial charge in [0.25, 0.3) is 0 Å². The SMILES string of the molecule is Nc1ncnc2c1ncn2[C@@H]1O[C@H](CN(CC[C@H]([NH3+])C(=O)O)CC[C@H](N)c2ccccc2)[C@@H](O)[C@H]1O. The highest BCUT2D eigenvalue weighted by atomic mass is 16.6. The lowest BCUT2D eigenvalue weighted by Gasteiger charge is -2.28. The number of quaternary nitrogens is 1. The number of rotatable bonds is 11. The number of aliphatic carboxylic acids is 1. The predicted molar refractivity (Wildman–Crippen MR) is 129 cm³/mol. The van der Waals surface area contributed by atoms with E-state index in [1.807, 2.05) is 35.2 Å². The summed E-state index contributed by atoms with van der Waals surface area (Å²) in [5.41, 5.74) is 17.7. The zero-order valence-corrected chi connectivity index (χ0v) is 19.8. The van der Waals surface area contributed by atoms with Gasteiger partial charge < -0.3 is 42.2 Å². The van der Waals surface area contributed by atoms with E-state index >= 15 is 0 Å². The molecule has 10 N–H and O–H groups in total. The van der Waals surface area contributed by atoms with E-state index in [1.165, 1.54) is 17.2 Å². The zero-order valence-electron chi connectivity index (χ0n) is 19.8. The van der Waals surface area contributed by atoms with E-state index in [9.17, 15) is 20.1 Å². The highest BCUT2D eigenvalue weighted by molar-refractivity contribution is 5.81. The molecule has 4 rings (SSSR count). The van der Waals surface area contributed by atoms with Crippen LogP contribution in [0.5, 0.6) is 0 Å². The number of benzene rings is 1. The Balaban J connectivity index is 1.46. The molecule has 0 bridgehead atoms. The Morgan fingerprint density at radius 2 is 1.86 bits per heavy atom. The first kappa shape index (κ1) is 25.9. The average molecular weight is 502 g/mol. The van der Waals surface area contributed by atoms with Crippen molar-refractivity contribution in [1.29, 1.82) is 0 Å². The number of aliphatic hydroxyl groups is 2. The van der Waals surface area contributed by atoms with Gasteiger partial charge in [0.05, 0.1) is 6.33 Å². The molecule has 1 fully saturated rings. The number of nitrogens with two attached hydrogens (primary N) is 2. The zero-order chi connectivity index (χ0) is 25.8. The van der Waals surface area contributed by atoms with Crippen LogP contribution in [-0.4, -0.2) is 89.7 Å². The summed E-state index contributed by atoms with van der Waals surface area (Å²) < 4.78 is 7.59. The van der Waals surface area contributed by atoms with Crippen molar-refractivity contribution >= 4 is 23.0 Å². The number of anilines is 1. The number of aromatic nitrogens is 4. The molecule has 0 unspecified atom stereocenters. The van der Waals surface area contributed by atoms with Crippen LogP contribution in [-0.2, 0) is 9.53 Å². The molecule has 2 aromatic heterocycles. The number of hydrogen-bond acceptors (Lipinski definition) is 10. The number of aliphatic hydroxyl groups excluding tert-OH is 2. The van der Waals surface area contributed by atoms with Crippen molar-refractivity contribution < 1.29 is 30.6 Å². The molecule has 1 saturated heterocycles. The number of ether oxygens (including phenoxy) is 1. The van der Waals surface area contributed by atoms with Gasteiger partial charge in [-0.3, -0.25) is 4.57 Å². The van der Waals surface area contributed by atoms with Gasteiger partial charge >= 0.3 is 5.97 Å². The van der Waals surface area contributed by atoms with Gasteiger partial charge in [0.1, 0.15) is 30.2 Å². The summed E-state index contributed by atoms with van der Waals surface area (Å²) in [6, 6.07) is 8.72. The van der Waals surface area contributed by atoms with Crippen LogP contribution in [0.2, 0.25) is 0 Å². The lowest BCUT2D eigenvalue weighted by Crippen LogP contribution is -2.65. The highest BCUT2D eigenvalue weighted by Gasteiger charge is 2.45. The van der Waals surface area contributed by atoms with Crippen LogP contribution < -0.4 is 17.2 Å².